The van der Waals surface area contributed by atoms with E-state index in [0.29, 0.717) is 11.3 Å². The molecule has 7 heteroatoms. The lowest BCUT2D eigenvalue weighted by Crippen LogP contribution is -2.45. The molecule has 0 saturated carbocycles. The predicted octanol–water partition coefficient (Wildman–Crippen LogP) is 1.66. The van der Waals surface area contributed by atoms with Crippen molar-refractivity contribution >= 4 is 23.5 Å². The minimum absolute atomic E-state index is 0.0398. The van der Waals surface area contributed by atoms with Gasteiger partial charge < -0.3 is 15.0 Å². The van der Waals surface area contributed by atoms with Crippen LogP contribution in [-0.4, -0.2) is 42.4 Å². The van der Waals surface area contributed by atoms with Gasteiger partial charge in [-0.2, -0.15) is 0 Å². The highest BCUT2D eigenvalue weighted by Crippen LogP contribution is 2.34. The van der Waals surface area contributed by atoms with Crippen molar-refractivity contribution in [2.24, 2.45) is 0 Å². The van der Waals surface area contributed by atoms with Crippen molar-refractivity contribution in [3.8, 4) is 0 Å². The summed E-state index contributed by atoms with van der Waals surface area (Å²) in [6, 6.07) is 3.68. The zero-order valence-electron chi connectivity index (χ0n) is 13.3. The Morgan fingerprint density at radius 1 is 1.43 bits per heavy atom. The molecule has 1 aromatic carbocycles. The number of hydrogen-bond acceptors (Lipinski definition) is 4. The topological polar surface area (TPSA) is 75.7 Å². The number of halogens is 1. The third-order valence-corrected chi connectivity index (χ3v) is 3.79. The van der Waals surface area contributed by atoms with E-state index in [-0.39, 0.29) is 30.8 Å². The Labute approximate surface area is 133 Å². The van der Waals surface area contributed by atoms with Gasteiger partial charge in [-0.25, -0.2) is 4.39 Å². The van der Waals surface area contributed by atoms with Crippen LogP contribution >= 0.6 is 0 Å². The maximum atomic E-state index is 13.3. The average molecular weight is 322 g/mol. The number of hydrogen-bond donors (Lipinski definition) is 1. The molecule has 1 aliphatic heterocycles. The van der Waals surface area contributed by atoms with Crippen molar-refractivity contribution in [1.29, 1.82) is 0 Å². The summed E-state index contributed by atoms with van der Waals surface area (Å²) in [5, 5.41) is 2.56. The molecule has 0 aromatic heterocycles. The Morgan fingerprint density at radius 2 is 2.13 bits per heavy atom. The molecule has 23 heavy (non-hydrogen) atoms. The van der Waals surface area contributed by atoms with E-state index in [1.807, 2.05) is 0 Å². The van der Waals surface area contributed by atoms with Crippen LogP contribution in [0, 0.1) is 5.82 Å². The first kappa shape index (κ1) is 16.9. The van der Waals surface area contributed by atoms with Gasteiger partial charge >= 0.3 is 5.97 Å². The standard InChI is InChI=1S/C16H19FN2O4/c1-9(2)19(8-15(21)23-3)16(22)12-7-14(20)18-13-6-10(17)4-5-11(12)13/h4-6,9,12H,7-8H2,1-3H3,(H,18,20). The summed E-state index contributed by atoms with van der Waals surface area (Å²) in [5.41, 5.74) is 0.841. The van der Waals surface area contributed by atoms with Gasteiger partial charge in [-0.1, -0.05) is 6.07 Å². The number of amides is 2. The first-order chi connectivity index (χ1) is 10.8. The largest absolute Gasteiger partial charge is 0.468 e. The van der Waals surface area contributed by atoms with Crippen molar-refractivity contribution in [3.63, 3.8) is 0 Å². The fourth-order valence-corrected chi connectivity index (χ4v) is 2.58. The Kier molecular flexibility index (Phi) is 4.98. The summed E-state index contributed by atoms with van der Waals surface area (Å²) in [7, 11) is 1.25. The van der Waals surface area contributed by atoms with E-state index in [0.717, 1.165) is 0 Å². The Balaban J connectivity index is 2.34. The monoisotopic (exact) mass is 322 g/mol. The Morgan fingerprint density at radius 3 is 2.74 bits per heavy atom. The molecule has 0 radical (unpaired) electrons. The molecular formula is C16H19FN2O4. The fourth-order valence-electron chi connectivity index (χ4n) is 2.58. The van der Waals surface area contributed by atoms with Gasteiger partial charge in [0.2, 0.25) is 11.8 Å². The molecule has 1 heterocycles. The summed E-state index contributed by atoms with van der Waals surface area (Å²) >= 11 is 0. The number of rotatable bonds is 4. The van der Waals surface area contributed by atoms with E-state index in [9.17, 15) is 18.8 Å². The molecule has 124 valence electrons. The molecule has 0 spiro atoms. The van der Waals surface area contributed by atoms with Gasteiger partial charge in [-0.3, -0.25) is 14.4 Å². The van der Waals surface area contributed by atoms with Crippen LogP contribution in [0.4, 0.5) is 10.1 Å². The molecular weight excluding hydrogens is 303 g/mol. The molecule has 1 N–H and O–H groups in total. The van der Waals surface area contributed by atoms with Gasteiger partial charge in [-0.05, 0) is 31.5 Å². The summed E-state index contributed by atoms with van der Waals surface area (Å²) in [5.74, 6) is -2.48. The van der Waals surface area contributed by atoms with Crippen LogP contribution in [0.2, 0.25) is 0 Å². The normalized spacial score (nSPS) is 16.6. The highest BCUT2D eigenvalue weighted by molar-refractivity contribution is 6.01. The first-order valence-electron chi connectivity index (χ1n) is 7.30. The second-order valence-corrected chi connectivity index (χ2v) is 5.67. The lowest BCUT2D eigenvalue weighted by molar-refractivity contribution is -0.149. The number of nitrogens with one attached hydrogen (secondary N) is 1. The molecule has 0 saturated heterocycles. The number of anilines is 1. The van der Waals surface area contributed by atoms with Crippen molar-refractivity contribution < 1.29 is 23.5 Å². The number of fused-ring (bicyclic) bond motifs is 1. The van der Waals surface area contributed by atoms with Crippen LogP contribution in [0.25, 0.3) is 0 Å². The molecule has 0 bridgehead atoms. The highest BCUT2D eigenvalue weighted by atomic mass is 19.1. The number of benzene rings is 1. The molecule has 0 fully saturated rings. The molecule has 6 nitrogen and oxygen atoms in total. The van der Waals surface area contributed by atoms with Crippen LogP contribution < -0.4 is 5.32 Å². The number of nitrogens with zero attached hydrogens (tertiary/aromatic N) is 1. The van der Waals surface area contributed by atoms with Gasteiger partial charge in [0.05, 0.1) is 13.0 Å². The van der Waals surface area contributed by atoms with Crippen LogP contribution in [0.5, 0.6) is 0 Å². The molecule has 1 unspecified atom stereocenters. The zero-order chi connectivity index (χ0) is 17.1. The minimum atomic E-state index is -0.744. The SMILES string of the molecule is COC(=O)CN(C(=O)C1CC(=O)Nc2cc(F)ccc21)C(C)C. The molecule has 1 aliphatic rings. The van der Waals surface area contributed by atoms with E-state index in [1.54, 1.807) is 13.8 Å². The van der Waals surface area contributed by atoms with E-state index < -0.39 is 17.7 Å². The van der Waals surface area contributed by atoms with E-state index >= 15 is 0 Å². The smallest absolute Gasteiger partial charge is 0.325 e. The predicted molar refractivity (Wildman–Crippen MR) is 81.3 cm³/mol. The van der Waals surface area contributed by atoms with Gasteiger partial charge in [0, 0.05) is 18.2 Å². The van der Waals surface area contributed by atoms with Gasteiger partial charge in [0.1, 0.15) is 12.4 Å². The number of methoxy groups -OCH3 is 1. The number of ether oxygens (including phenoxy) is 1. The number of carbonyl (C=O) groups is 3. The average Bonchev–Trinajstić information content (AvgIpc) is 2.50. The van der Waals surface area contributed by atoms with E-state index in [4.69, 9.17) is 0 Å². The van der Waals surface area contributed by atoms with Crippen LogP contribution in [0.1, 0.15) is 31.7 Å². The third kappa shape index (κ3) is 3.67. The van der Waals surface area contributed by atoms with Crippen LogP contribution in [0.15, 0.2) is 18.2 Å². The highest BCUT2D eigenvalue weighted by Gasteiger charge is 2.35. The maximum absolute atomic E-state index is 13.3. The second-order valence-electron chi connectivity index (χ2n) is 5.67. The van der Waals surface area contributed by atoms with E-state index in [2.05, 4.69) is 10.1 Å². The molecule has 2 amide bonds. The lowest BCUT2D eigenvalue weighted by Gasteiger charge is -2.32. The number of carbonyl (C=O) groups excluding carboxylic acids is 3. The summed E-state index contributed by atoms with van der Waals surface area (Å²) < 4.78 is 18.0. The van der Waals surface area contributed by atoms with Crippen molar-refractivity contribution in [2.75, 3.05) is 19.0 Å². The van der Waals surface area contributed by atoms with Crippen LogP contribution in [0.3, 0.4) is 0 Å². The van der Waals surface area contributed by atoms with Gasteiger partial charge in [0.25, 0.3) is 0 Å². The molecule has 0 aliphatic carbocycles. The summed E-state index contributed by atoms with van der Waals surface area (Å²) in [6.45, 7) is 3.35. The van der Waals surface area contributed by atoms with Gasteiger partial charge in [-0.15, -0.1) is 0 Å². The molecule has 1 aromatic rings. The fraction of sp³-hybridized carbons (Fsp3) is 0.438. The number of esters is 1. The van der Waals surface area contributed by atoms with Gasteiger partial charge in [0.15, 0.2) is 0 Å². The minimum Gasteiger partial charge on any atom is -0.468 e. The summed E-state index contributed by atoms with van der Waals surface area (Å²) in [4.78, 5) is 37.5. The summed E-state index contributed by atoms with van der Waals surface area (Å²) in [6.07, 6.45) is -0.0398. The quantitative estimate of drug-likeness (QED) is 0.856. The van der Waals surface area contributed by atoms with Crippen molar-refractivity contribution in [2.45, 2.75) is 32.2 Å². The lowest BCUT2D eigenvalue weighted by atomic mass is 9.89. The second kappa shape index (κ2) is 6.76. The Hall–Kier alpha value is -2.44. The molecule has 2 rings (SSSR count). The van der Waals surface area contributed by atoms with Crippen molar-refractivity contribution in [1.82, 2.24) is 4.90 Å². The van der Waals surface area contributed by atoms with Crippen molar-refractivity contribution in [3.05, 3.63) is 29.6 Å². The third-order valence-electron chi connectivity index (χ3n) is 3.79. The van der Waals surface area contributed by atoms with Crippen LogP contribution in [-0.2, 0) is 19.1 Å². The maximum Gasteiger partial charge on any atom is 0.325 e. The molecule has 1 atom stereocenters. The first-order valence-corrected chi connectivity index (χ1v) is 7.30. The Bertz CT molecular complexity index is 645. The zero-order valence-corrected chi connectivity index (χ0v) is 13.3. The van der Waals surface area contributed by atoms with E-state index in [1.165, 1.54) is 30.2 Å².